The second kappa shape index (κ2) is 6.54. The lowest BCUT2D eigenvalue weighted by atomic mass is 9.88. The summed E-state index contributed by atoms with van der Waals surface area (Å²) in [5.41, 5.74) is 1.33. The molecule has 0 bridgehead atoms. The summed E-state index contributed by atoms with van der Waals surface area (Å²) in [4.78, 5) is 0. The van der Waals surface area contributed by atoms with E-state index in [2.05, 4.69) is 73.0 Å². The van der Waals surface area contributed by atoms with Gasteiger partial charge in [-0.05, 0) is 24.5 Å². The molecule has 2 aromatic carbocycles. The van der Waals surface area contributed by atoms with Crippen LogP contribution in [0.1, 0.15) is 43.5 Å². The summed E-state index contributed by atoms with van der Waals surface area (Å²) in [6.45, 7) is 5.47. The van der Waals surface area contributed by atoms with E-state index in [9.17, 15) is 0 Å². The van der Waals surface area contributed by atoms with Crippen molar-refractivity contribution >= 4 is 0 Å². The average Bonchev–Trinajstić information content (AvgIpc) is 2.68. The summed E-state index contributed by atoms with van der Waals surface area (Å²) in [6, 6.07) is 21.1. The number of hydrogen-bond acceptors (Lipinski definition) is 4. The Labute approximate surface area is 149 Å². The van der Waals surface area contributed by atoms with Gasteiger partial charge in [0.25, 0.3) is 0 Å². The molecule has 0 aliphatic carbocycles. The molecule has 0 aromatic heterocycles. The molecule has 2 fully saturated rings. The molecule has 2 aromatic rings. The van der Waals surface area contributed by atoms with Crippen LogP contribution in [0.3, 0.4) is 0 Å². The van der Waals surface area contributed by atoms with Crippen LogP contribution >= 0.6 is 0 Å². The summed E-state index contributed by atoms with van der Waals surface area (Å²) in [5, 5.41) is 7.44. The molecule has 4 rings (SSSR count). The monoisotopic (exact) mass is 338 g/mol. The highest BCUT2D eigenvalue weighted by Crippen LogP contribution is 2.41. The lowest BCUT2D eigenvalue weighted by Crippen LogP contribution is -2.77. The van der Waals surface area contributed by atoms with Crippen LogP contribution in [0, 0.1) is 0 Å². The van der Waals surface area contributed by atoms with Gasteiger partial charge in [0, 0.05) is 0 Å². The zero-order valence-corrected chi connectivity index (χ0v) is 14.9. The van der Waals surface area contributed by atoms with Gasteiger partial charge in [-0.3, -0.25) is 10.6 Å². The molecular formula is C21H26N2O2. The number of nitrogens with one attached hydrogen (secondary N) is 2. The Morgan fingerprint density at radius 1 is 0.840 bits per heavy atom. The minimum Gasteiger partial charge on any atom is -0.354 e. The molecule has 0 saturated carbocycles. The number of hydrogen-bond donors (Lipinski definition) is 2. The van der Waals surface area contributed by atoms with Crippen LogP contribution in [0.25, 0.3) is 0 Å². The van der Waals surface area contributed by atoms with Gasteiger partial charge in [0.2, 0.25) is 0 Å². The van der Waals surface area contributed by atoms with Gasteiger partial charge in [0.05, 0.1) is 25.3 Å². The Kier molecular flexibility index (Phi) is 4.38. The Hall–Kier alpha value is -1.72. The van der Waals surface area contributed by atoms with Crippen molar-refractivity contribution in [2.24, 2.45) is 0 Å². The lowest BCUT2D eigenvalue weighted by molar-refractivity contribution is -0.296. The van der Waals surface area contributed by atoms with Crippen molar-refractivity contribution in [2.45, 2.75) is 43.8 Å². The van der Waals surface area contributed by atoms with E-state index < -0.39 is 11.4 Å². The minimum absolute atomic E-state index is 0.126. The molecule has 2 aliphatic rings. The second-order valence-electron chi connectivity index (χ2n) is 7.05. The fraction of sp³-hybridized carbons (Fsp3) is 0.429. The summed E-state index contributed by atoms with van der Waals surface area (Å²) in [7, 11) is 0. The van der Waals surface area contributed by atoms with Crippen molar-refractivity contribution in [3.8, 4) is 0 Å². The van der Waals surface area contributed by atoms with Gasteiger partial charge in [-0.1, -0.05) is 67.6 Å². The quantitative estimate of drug-likeness (QED) is 0.898. The third kappa shape index (κ3) is 2.89. The van der Waals surface area contributed by atoms with Crippen LogP contribution in [0.2, 0.25) is 0 Å². The fourth-order valence-corrected chi connectivity index (χ4v) is 4.04. The van der Waals surface area contributed by atoms with Crippen molar-refractivity contribution in [1.29, 1.82) is 0 Å². The topological polar surface area (TPSA) is 42.5 Å². The van der Waals surface area contributed by atoms with Crippen LogP contribution < -0.4 is 10.6 Å². The number of ether oxygens (including phenoxy) is 2. The van der Waals surface area contributed by atoms with E-state index in [1.165, 1.54) is 11.1 Å². The third-order valence-corrected chi connectivity index (χ3v) is 5.56. The number of rotatable bonds is 3. The Morgan fingerprint density at radius 3 is 1.92 bits per heavy atom. The van der Waals surface area contributed by atoms with Gasteiger partial charge in [-0.15, -0.1) is 0 Å². The van der Waals surface area contributed by atoms with Crippen LogP contribution in [0.5, 0.6) is 0 Å². The van der Waals surface area contributed by atoms with E-state index in [4.69, 9.17) is 9.47 Å². The van der Waals surface area contributed by atoms with Crippen LogP contribution in [0.15, 0.2) is 60.7 Å². The van der Waals surface area contributed by atoms with Gasteiger partial charge in [0.1, 0.15) is 0 Å². The first-order chi connectivity index (χ1) is 12.2. The maximum Gasteiger partial charge on any atom is 0.162 e. The van der Waals surface area contributed by atoms with Crippen LogP contribution in [-0.2, 0) is 9.47 Å². The molecule has 0 radical (unpaired) electrons. The summed E-state index contributed by atoms with van der Waals surface area (Å²) in [6.07, 6.45) is 0.821. The standard InChI is InChI=1S/C21H26N2O2/c1-3-21-20(2,22-18(15-25-21)16-10-6-4-7-11-16)24-14-19(23-21)17-12-8-5-9-13-17/h4-13,18-19,22-23H,3,14-15H2,1-2H3/t18-,19-,20+,21+/m0/s1. The third-order valence-electron chi connectivity index (χ3n) is 5.56. The Bertz CT molecular complexity index is 708. The highest BCUT2D eigenvalue weighted by Gasteiger charge is 2.57. The molecule has 0 spiro atoms. The Morgan fingerprint density at radius 2 is 1.36 bits per heavy atom. The van der Waals surface area contributed by atoms with Gasteiger partial charge in [-0.25, -0.2) is 0 Å². The van der Waals surface area contributed by atoms with E-state index in [0.29, 0.717) is 13.2 Å². The number of morpholine rings is 2. The largest absolute Gasteiger partial charge is 0.354 e. The molecule has 0 unspecified atom stereocenters. The first kappa shape index (κ1) is 16.7. The summed E-state index contributed by atoms with van der Waals surface area (Å²) >= 11 is 0. The van der Waals surface area contributed by atoms with Gasteiger partial charge in [0.15, 0.2) is 11.4 Å². The van der Waals surface area contributed by atoms with E-state index in [1.54, 1.807) is 0 Å². The molecular weight excluding hydrogens is 312 g/mol. The molecule has 2 N–H and O–H groups in total. The maximum absolute atomic E-state index is 6.44. The number of benzene rings is 2. The number of fused-ring (bicyclic) bond motifs is 1. The van der Waals surface area contributed by atoms with Crippen LogP contribution in [-0.4, -0.2) is 24.7 Å². The smallest absolute Gasteiger partial charge is 0.162 e. The minimum atomic E-state index is -0.578. The van der Waals surface area contributed by atoms with Gasteiger partial charge >= 0.3 is 0 Å². The Balaban J connectivity index is 1.58. The normalized spacial score (nSPS) is 35.1. The van der Waals surface area contributed by atoms with Crippen molar-refractivity contribution in [3.05, 3.63) is 71.8 Å². The fourth-order valence-electron chi connectivity index (χ4n) is 4.04. The first-order valence-electron chi connectivity index (χ1n) is 9.09. The van der Waals surface area contributed by atoms with E-state index >= 15 is 0 Å². The van der Waals surface area contributed by atoms with Crippen molar-refractivity contribution in [3.63, 3.8) is 0 Å². The predicted octanol–water partition coefficient (Wildman–Crippen LogP) is 3.53. The lowest BCUT2D eigenvalue weighted by Gasteiger charge is -2.57. The summed E-state index contributed by atoms with van der Waals surface area (Å²) in [5.74, 6) is 0. The van der Waals surface area contributed by atoms with E-state index in [0.717, 1.165) is 6.42 Å². The second-order valence-corrected chi connectivity index (χ2v) is 7.05. The van der Waals surface area contributed by atoms with E-state index in [1.807, 2.05) is 12.1 Å². The molecule has 4 nitrogen and oxygen atoms in total. The average molecular weight is 338 g/mol. The van der Waals surface area contributed by atoms with Crippen LogP contribution in [0.4, 0.5) is 0 Å². The molecule has 0 amide bonds. The predicted molar refractivity (Wildman–Crippen MR) is 98.0 cm³/mol. The van der Waals surface area contributed by atoms with Crippen molar-refractivity contribution < 1.29 is 9.47 Å². The summed E-state index contributed by atoms with van der Waals surface area (Å²) < 4.78 is 12.8. The van der Waals surface area contributed by atoms with Gasteiger partial charge < -0.3 is 9.47 Å². The molecule has 132 valence electrons. The molecule has 2 saturated heterocycles. The zero-order chi connectivity index (χ0) is 17.3. The SMILES string of the molecule is CC[C@]12N[C@H](c3ccccc3)CO[C@@]1(C)N[C@H](c1ccccc1)CO2. The molecule has 2 aliphatic heterocycles. The molecule has 4 heteroatoms. The highest BCUT2D eigenvalue weighted by molar-refractivity contribution is 5.24. The molecule has 2 heterocycles. The van der Waals surface area contributed by atoms with Crippen molar-refractivity contribution in [1.82, 2.24) is 10.6 Å². The molecule has 4 atom stereocenters. The van der Waals surface area contributed by atoms with Gasteiger partial charge in [-0.2, -0.15) is 0 Å². The first-order valence-corrected chi connectivity index (χ1v) is 9.09. The van der Waals surface area contributed by atoms with Crippen molar-refractivity contribution in [2.75, 3.05) is 13.2 Å². The maximum atomic E-state index is 6.44. The van der Waals surface area contributed by atoms with E-state index in [-0.39, 0.29) is 12.1 Å². The zero-order valence-electron chi connectivity index (χ0n) is 14.9. The highest BCUT2D eigenvalue weighted by atomic mass is 16.6. The molecule has 25 heavy (non-hydrogen) atoms.